The Bertz CT molecular complexity index is 405. The molecule has 1 aliphatic heterocycles. The van der Waals surface area contributed by atoms with Crippen LogP contribution in [0.4, 0.5) is 4.39 Å². The molecule has 18 heavy (non-hydrogen) atoms. The maximum atomic E-state index is 13.0. The van der Waals surface area contributed by atoms with Gasteiger partial charge in [-0.05, 0) is 39.4 Å². The monoisotopic (exact) mass is 252 g/mol. The minimum Gasteiger partial charge on any atom is -0.508 e. The molecule has 1 heterocycles. The predicted octanol–water partition coefficient (Wildman–Crippen LogP) is 2.28. The number of hydrogen-bond donors (Lipinski definition) is 2. The zero-order valence-corrected chi connectivity index (χ0v) is 11.0. The summed E-state index contributed by atoms with van der Waals surface area (Å²) in [6.07, 6.45) is 2.34. The first-order valence-corrected chi connectivity index (χ1v) is 6.50. The maximum Gasteiger partial charge on any atom is 0.126 e. The van der Waals surface area contributed by atoms with Gasteiger partial charge >= 0.3 is 0 Å². The molecule has 0 aromatic heterocycles. The predicted molar refractivity (Wildman–Crippen MR) is 70.1 cm³/mol. The Labute approximate surface area is 108 Å². The van der Waals surface area contributed by atoms with Crippen LogP contribution in [0.15, 0.2) is 18.2 Å². The van der Waals surface area contributed by atoms with E-state index >= 15 is 0 Å². The van der Waals surface area contributed by atoms with E-state index in [4.69, 9.17) is 0 Å². The number of hydrogen-bond acceptors (Lipinski definition) is 3. The molecule has 3 nitrogen and oxygen atoms in total. The lowest BCUT2D eigenvalue weighted by molar-refractivity contribution is 0.154. The molecular weight excluding hydrogens is 231 g/mol. The van der Waals surface area contributed by atoms with Crippen LogP contribution in [0.2, 0.25) is 0 Å². The van der Waals surface area contributed by atoms with Gasteiger partial charge in [0.25, 0.3) is 0 Å². The summed E-state index contributed by atoms with van der Waals surface area (Å²) in [5.74, 6) is -0.358. The van der Waals surface area contributed by atoms with Gasteiger partial charge in [-0.3, -0.25) is 4.90 Å². The van der Waals surface area contributed by atoms with Crippen LogP contribution in [-0.2, 0) is 0 Å². The molecule has 1 saturated heterocycles. The van der Waals surface area contributed by atoms with Crippen molar-refractivity contribution in [2.45, 2.75) is 31.8 Å². The van der Waals surface area contributed by atoms with Crippen LogP contribution < -0.4 is 5.32 Å². The number of piperidine rings is 1. The summed E-state index contributed by atoms with van der Waals surface area (Å²) >= 11 is 0. The first-order valence-electron chi connectivity index (χ1n) is 6.50. The van der Waals surface area contributed by atoms with Crippen molar-refractivity contribution in [1.29, 1.82) is 0 Å². The van der Waals surface area contributed by atoms with Gasteiger partial charge in [0.2, 0.25) is 0 Å². The molecule has 2 unspecified atom stereocenters. The summed E-state index contributed by atoms with van der Waals surface area (Å²) in [6.45, 7) is 4.10. The van der Waals surface area contributed by atoms with Crippen molar-refractivity contribution in [2.75, 3.05) is 20.1 Å². The molecule has 0 aliphatic carbocycles. The highest BCUT2D eigenvalue weighted by molar-refractivity contribution is 5.35. The van der Waals surface area contributed by atoms with Gasteiger partial charge in [-0.2, -0.15) is 0 Å². The van der Waals surface area contributed by atoms with E-state index in [1.54, 1.807) is 6.07 Å². The van der Waals surface area contributed by atoms with Gasteiger partial charge in [0.15, 0.2) is 0 Å². The van der Waals surface area contributed by atoms with Crippen LogP contribution in [0.25, 0.3) is 0 Å². The third-order valence-corrected chi connectivity index (χ3v) is 3.90. The lowest BCUT2D eigenvalue weighted by atomic mass is 10.0. The second-order valence-corrected chi connectivity index (χ2v) is 5.04. The molecule has 0 amide bonds. The average molecular weight is 252 g/mol. The number of nitrogens with zero attached hydrogens (tertiary/aromatic N) is 1. The Morgan fingerprint density at radius 2 is 2.28 bits per heavy atom. The van der Waals surface area contributed by atoms with Crippen LogP contribution >= 0.6 is 0 Å². The molecule has 100 valence electrons. The summed E-state index contributed by atoms with van der Waals surface area (Å²) in [7, 11) is 2.06. The van der Waals surface area contributed by atoms with Crippen LogP contribution in [0.3, 0.4) is 0 Å². The van der Waals surface area contributed by atoms with Gasteiger partial charge in [-0.25, -0.2) is 4.39 Å². The summed E-state index contributed by atoms with van der Waals surface area (Å²) in [5.41, 5.74) is 0.782. The molecule has 1 aromatic carbocycles. The summed E-state index contributed by atoms with van der Waals surface area (Å²) in [6, 6.07) is 4.80. The van der Waals surface area contributed by atoms with E-state index in [1.807, 2.05) is 6.92 Å². The van der Waals surface area contributed by atoms with Gasteiger partial charge in [-0.15, -0.1) is 0 Å². The van der Waals surface area contributed by atoms with Crippen molar-refractivity contribution in [2.24, 2.45) is 0 Å². The Balaban J connectivity index is 2.11. The van der Waals surface area contributed by atoms with Crippen LogP contribution in [0.5, 0.6) is 5.75 Å². The van der Waals surface area contributed by atoms with Gasteiger partial charge in [0.1, 0.15) is 11.6 Å². The molecular formula is C14H21FN2O. The zero-order valence-electron chi connectivity index (χ0n) is 11.0. The van der Waals surface area contributed by atoms with E-state index in [9.17, 15) is 9.50 Å². The van der Waals surface area contributed by atoms with Gasteiger partial charge in [0.05, 0.1) is 0 Å². The minimum atomic E-state index is -0.398. The molecule has 1 aromatic rings. The van der Waals surface area contributed by atoms with E-state index in [0.717, 1.165) is 25.1 Å². The fraction of sp³-hybridized carbons (Fsp3) is 0.571. The van der Waals surface area contributed by atoms with E-state index in [2.05, 4.69) is 17.3 Å². The summed E-state index contributed by atoms with van der Waals surface area (Å²) < 4.78 is 13.0. The normalized spacial score (nSPS) is 22.1. The highest BCUT2D eigenvalue weighted by Gasteiger charge is 2.24. The number of likely N-dealkylation sites (N-methyl/N-ethyl adjacent to an activating group) is 1. The lowest BCUT2D eigenvalue weighted by Gasteiger charge is -2.36. The second kappa shape index (κ2) is 5.67. The first-order chi connectivity index (χ1) is 8.59. The van der Waals surface area contributed by atoms with E-state index in [1.165, 1.54) is 18.6 Å². The number of phenolic OH excluding ortho intramolecular Hbond substituents is 1. The number of aromatic hydroxyl groups is 1. The minimum absolute atomic E-state index is 0.0399. The Hall–Kier alpha value is -1.13. The molecule has 1 fully saturated rings. The maximum absolute atomic E-state index is 13.0. The number of halogens is 1. The van der Waals surface area contributed by atoms with Crippen molar-refractivity contribution < 1.29 is 9.50 Å². The smallest absolute Gasteiger partial charge is 0.126 e. The zero-order chi connectivity index (χ0) is 13.1. The molecule has 0 saturated carbocycles. The Morgan fingerprint density at radius 3 is 2.89 bits per heavy atom. The van der Waals surface area contributed by atoms with E-state index < -0.39 is 5.82 Å². The molecule has 2 rings (SSSR count). The molecule has 2 N–H and O–H groups in total. The summed E-state index contributed by atoms with van der Waals surface area (Å²) in [4.78, 5) is 2.25. The highest BCUT2D eigenvalue weighted by atomic mass is 19.1. The fourth-order valence-electron chi connectivity index (χ4n) is 2.59. The second-order valence-electron chi connectivity index (χ2n) is 5.04. The topological polar surface area (TPSA) is 35.5 Å². The molecule has 1 aliphatic rings. The Morgan fingerprint density at radius 1 is 1.50 bits per heavy atom. The molecule has 0 radical (unpaired) electrons. The lowest BCUT2D eigenvalue weighted by Crippen LogP contribution is -2.45. The third kappa shape index (κ3) is 2.82. The van der Waals surface area contributed by atoms with Gasteiger partial charge in [0, 0.05) is 30.3 Å². The quantitative estimate of drug-likeness (QED) is 0.866. The third-order valence-electron chi connectivity index (χ3n) is 3.90. The first kappa shape index (κ1) is 13.3. The molecule has 2 atom stereocenters. The number of benzene rings is 1. The van der Waals surface area contributed by atoms with Crippen LogP contribution in [-0.4, -0.2) is 36.2 Å². The van der Waals surface area contributed by atoms with E-state index in [-0.39, 0.29) is 11.8 Å². The van der Waals surface area contributed by atoms with Crippen LogP contribution in [0, 0.1) is 5.82 Å². The number of nitrogens with one attached hydrogen (secondary N) is 1. The van der Waals surface area contributed by atoms with Crippen LogP contribution in [0.1, 0.15) is 31.4 Å². The molecule has 0 bridgehead atoms. The van der Waals surface area contributed by atoms with Crippen molar-refractivity contribution >= 4 is 0 Å². The highest BCUT2D eigenvalue weighted by Crippen LogP contribution is 2.30. The van der Waals surface area contributed by atoms with E-state index in [0.29, 0.717) is 6.04 Å². The molecule has 0 spiro atoms. The standard InChI is InChI=1S/C14H21FN2O/c1-10(13-6-5-11(15)8-14(13)18)17(2)12-4-3-7-16-9-12/h5-6,8,10,12,16,18H,3-4,7,9H2,1-2H3. The number of rotatable bonds is 3. The number of phenols is 1. The SMILES string of the molecule is CC(c1ccc(F)cc1O)N(C)C1CCCNC1. The van der Waals surface area contributed by atoms with Crippen molar-refractivity contribution in [3.05, 3.63) is 29.6 Å². The van der Waals surface area contributed by atoms with Crippen molar-refractivity contribution in [3.63, 3.8) is 0 Å². The average Bonchev–Trinajstić information content (AvgIpc) is 2.38. The van der Waals surface area contributed by atoms with Gasteiger partial charge < -0.3 is 10.4 Å². The molecule has 4 heteroatoms. The summed E-state index contributed by atoms with van der Waals surface area (Å²) in [5, 5.41) is 13.2. The fourth-order valence-corrected chi connectivity index (χ4v) is 2.59. The van der Waals surface area contributed by atoms with Crippen molar-refractivity contribution in [1.82, 2.24) is 10.2 Å². The van der Waals surface area contributed by atoms with Crippen molar-refractivity contribution in [3.8, 4) is 5.75 Å². The van der Waals surface area contributed by atoms with Gasteiger partial charge in [-0.1, -0.05) is 6.07 Å². The largest absolute Gasteiger partial charge is 0.508 e. The Kier molecular flexibility index (Phi) is 4.19.